The van der Waals surface area contributed by atoms with Gasteiger partial charge in [-0.25, -0.2) is 0 Å². The van der Waals surface area contributed by atoms with Gasteiger partial charge in [-0.3, -0.25) is 4.79 Å². The number of unbranched alkanes of at least 4 members (excludes halogenated alkanes) is 3. The van der Waals surface area contributed by atoms with E-state index in [9.17, 15) is 4.79 Å². The highest BCUT2D eigenvalue weighted by Gasteiger charge is 1.98. The van der Waals surface area contributed by atoms with Crippen molar-refractivity contribution in [3.05, 3.63) is 21.9 Å². The molecule has 0 amide bonds. The molecule has 0 aliphatic carbocycles. The summed E-state index contributed by atoms with van der Waals surface area (Å²) in [5.41, 5.74) is 0. The fraction of sp³-hybridized carbons (Fsp3) is 0.545. The zero-order chi connectivity index (χ0) is 9.52. The SMILES string of the molecule is CCCCCCc1ccc(C=O)s1. The van der Waals surface area contributed by atoms with Crippen molar-refractivity contribution in [1.29, 1.82) is 0 Å². The first-order valence-electron chi connectivity index (χ1n) is 4.90. The summed E-state index contributed by atoms with van der Waals surface area (Å²) < 4.78 is 0. The molecule has 1 aromatic rings. The highest BCUT2D eigenvalue weighted by molar-refractivity contribution is 7.13. The minimum Gasteiger partial charge on any atom is -0.297 e. The van der Waals surface area contributed by atoms with Crippen LogP contribution in [-0.4, -0.2) is 6.29 Å². The number of thiophene rings is 1. The van der Waals surface area contributed by atoms with Crippen molar-refractivity contribution in [2.45, 2.75) is 39.0 Å². The molecule has 0 radical (unpaired) electrons. The maximum Gasteiger partial charge on any atom is 0.160 e. The van der Waals surface area contributed by atoms with Crippen molar-refractivity contribution in [3.8, 4) is 0 Å². The van der Waals surface area contributed by atoms with Gasteiger partial charge >= 0.3 is 0 Å². The molecule has 0 saturated carbocycles. The number of carbonyl (C=O) groups excluding carboxylic acids is 1. The lowest BCUT2D eigenvalue weighted by Gasteiger charge is -1.96. The summed E-state index contributed by atoms with van der Waals surface area (Å²) in [6, 6.07) is 3.98. The molecule has 1 heterocycles. The van der Waals surface area contributed by atoms with E-state index < -0.39 is 0 Å². The highest BCUT2D eigenvalue weighted by atomic mass is 32.1. The lowest BCUT2D eigenvalue weighted by molar-refractivity contribution is 0.112. The van der Waals surface area contributed by atoms with Gasteiger partial charge in [-0.15, -0.1) is 11.3 Å². The average molecular weight is 196 g/mol. The van der Waals surface area contributed by atoms with Crippen LogP contribution in [0.2, 0.25) is 0 Å². The van der Waals surface area contributed by atoms with Gasteiger partial charge in [-0.05, 0) is 25.0 Å². The molecule has 0 aromatic carbocycles. The van der Waals surface area contributed by atoms with E-state index in [0.29, 0.717) is 0 Å². The zero-order valence-electron chi connectivity index (χ0n) is 8.08. The Labute approximate surface area is 83.8 Å². The Kier molecular flexibility index (Phi) is 4.76. The topological polar surface area (TPSA) is 17.1 Å². The predicted molar refractivity (Wildman–Crippen MR) is 57.6 cm³/mol. The Morgan fingerprint density at radius 2 is 2.15 bits per heavy atom. The Balaban J connectivity index is 2.24. The van der Waals surface area contributed by atoms with Crippen LogP contribution in [0.15, 0.2) is 12.1 Å². The summed E-state index contributed by atoms with van der Waals surface area (Å²) in [7, 11) is 0. The van der Waals surface area contributed by atoms with Gasteiger partial charge in [0.05, 0.1) is 4.88 Å². The third kappa shape index (κ3) is 3.73. The van der Waals surface area contributed by atoms with Gasteiger partial charge in [0.2, 0.25) is 0 Å². The van der Waals surface area contributed by atoms with Crippen LogP contribution in [0.25, 0.3) is 0 Å². The molecule has 0 aliphatic rings. The second kappa shape index (κ2) is 5.92. The van der Waals surface area contributed by atoms with E-state index in [-0.39, 0.29) is 0 Å². The molecule has 0 N–H and O–H groups in total. The minimum absolute atomic E-state index is 0.852. The van der Waals surface area contributed by atoms with Crippen molar-refractivity contribution >= 4 is 17.6 Å². The molecular weight excluding hydrogens is 180 g/mol. The van der Waals surface area contributed by atoms with Crippen molar-refractivity contribution < 1.29 is 4.79 Å². The van der Waals surface area contributed by atoms with Crippen molar-refractivity contribution in [1.82, 2.24) is 0 Å². The van der Waals surface area contributed by atoms with E-state index in [0.717, 1.165) is 17.6 Å². The Morgan fingerprint density at radius 3 is 2.77 bits per heavy atom. The van der Waals surface area contributed by atoms with Crippen LogP contribution in [-0.2, 0) is 6.42 Å². The molecule has 0 unspecified atom stereocenters. The first-order chi connectivity index (χ1) is 6.36. The van der Waals surface area contributed by atoms with E-state index in [1.807, 2.05) is 6.07 Å². The summed E-state index contributed by atoms with van der Waals surface area (Å²) >= 11 is 1.62. The highest BCUT2D eigenvalue weighted by Crippen LogP contribution is 2.17. The lowest BCUT2D eigenvalue weighted by atomic mass is 10.1. The summed E-state index contributed by atoms with van der Waals surface area (Å²) in [5, 5.41) is 0. The van der Waals surface area contributed by atoms with Crippen molar-refractivity contribution in [2.24, 2.45) is 0 Å². The molecular formula is C11H16OS. The van der Waals surface area contributed by atoms with Crippen molar-refractivity contribution in [2.75, 3.05) is 0 Å². The summed E-state index contributed by atoms with van der Waals surface area (Å²) in [4.78, 5) is 12.6. The van der Waals surface area contributed by atoms with Gasteiger partial charge in [0, 0.05) is 4.88 Å². The smallest absolute Gasteiger partial charge is 0.160 e. The first kappa shape index (κ1) is 10.5. The predicted octanol–water partition coefficient (Wildman–Crippen LogP) is 3.68. The van der Waals surface area contributed by atoms with Crippen molar-refractivity contribution in [3.63, 3.8) is 0 Å². The fourth-order valence-corrected chi connectivity index (χ4v) is 2.19. The maximum atomic E-state index is 10.4. The monoisotopic (exact) mass is 196 g/mol. The number of hydrogen-bond acceptors (Lipinski definition) is 2. The molecule has 0 bridgehead atoms. The fourth-order valence-electron chi connectivity index (χ4n) is 1.32. The van der Waals surface area contributed by atoms with Crippen LogP contribution in [0.1, 0.15) is 47.2 Å². The number of aryl methyl sites for hydroxylation is 1. The minimum atomic E-state index is 0.852. The van der Waals surface area contributed by atoms with Gasteiger partial charge in [0.15, 0.2) is 6.29 Å². The second-order valence-corrected chi connectivity index (χ2v) is 4.43. The molecule has 0 aliphatic heterocycles. The Morgan fingerprint density at radius 1 is 1.31 bits per heavy atom. The lowest BCUT2D eigenvalue weighted by Crippen LogP contribution is -1.80. The normalized spacial score (nSPS) is 10.2. The number of carbonyl (C=O) groups is 1. The van der Waals surface area contributed by atoms with Crippen LogP contribution >= 0.6 is 11.3 Å². The molecule has 72 valence electrons. The first-order valence-corrected chi connectivity index (χ1v) is 5.72. The molecule has 2 heteroatoms. The molecule has 13 heavy (non-hydrogen) atoms. The number of rotatable bonds is 6. The summed E-state index contributed by atoms with van der Waals surface area (Å²) in [6.07, 6.45) is 7.24. The summed E-state index contributed by atoms with van der Waals surface area (Å²) in [6.45, 7) is 2.22. The van der Waals surface area contributed by atoms with Gasteiger partial charge < -0.3 is 0 Å². The molecule has 0 atom stereocenters. The van der Waals surface area contributed by atoms with Gasteiger partial charge in [-0.1, -0.05) is 26.2 Å². The second-order valence-electron chi connectivity index (χ2n) is 3.23. The van der Waals surface area contributed by atoms with Gasteiger partial charge in [0.25, 0.3) is 0 Å². The van der Waals surface area contributed by atoms with Gasteiger partial charge in [0.1, 0.15) is 0 Å². The van der Waals surface area contributed by atoms with E-state index in [2.05, 4.69) is 13.0 Å². The molecule has 0 saturated heterocycles. The Hall–Kier alpha value is -0.630. The molecule has 0 spiro atoms. The summed E-state index contributed by atoms with van der Waals surface area (Å²) in [5.74, 6) is 0. The van der Waals surface area contributed by atoms with E-state index in [1.165, 1.54) is 30.6 Å². The maximum absolute atomic E-state index is 10.4. The van der Waals surface area contributed by atoms with E-state index >= 15 is 0 Å². The standard InChI is InChI=1S/C11H16OS/c1-2-3-4-5-6-10-7-8-11(9-12)13-10/h7-9H,2-6H2,1H3. The zero-order valence-corrected chi connectivity index (χ0v) is 8.90. The average Bonchev–Trinajstić information content (AvgIpc) is 2.60. The molecule has 1 aromatic heterocycles. The van der Waals surface area contributed by atoms with Crippen LogP contribution in [0.5, 0.6) is 0 Å². The van der Waals surface area contributed by atoms with Crippen LogP contribution in [0.4, 0.5) is 0 Å². The third-order valence-electron chi connectivity index (χ3n) is 2.08. The van der Waals surface area contributed by atoms with E-state index in [1.54, 1.807) is 11.3 Å². The molecule has 1 nitrogen and oxygen atoms in total. The third-order valence-corrected chi connectivity index (χ3v) is 3.15. The van der Waals surface area contributed by atoms with Crippen LogP contribution in [0.3, 0.4) is 0 Å². The largest absolute Gasteiger partial charge is 0.297 e. The number of hydrogen-bond donors (Lipinski definition) is 0. The number of aldehydes is 1. The molecule has 1 rings (SSSR count). The quantitative estimate of drug-likeness (QED) is 0.501. The molecule has 0 fully saturated rings. The van der Waals surface area contributed by atoms with Gasteiger partial charge in [-0.2, -0.15) is 0 Å². The van der Waals surface area contributed by atoms with Crippen LogP contribution < -0.4 is 0 Å². The van der Waals surface area contributed by atoms with Crippen LogP contribution in [0, 0.1) is 0 Å². The Bertz CT molecular complexity index is 252. The van der Waals surface area contributed by atoms with E-state index in [4.69, 9.17) is 0 Å².